The Morgan fingerprint density at radius 1 is 1.11 bits per heavy atom. The van der Waals surface area contributed by atoms with Crippen molar-refractivity contribution in [2.24, 2.45) is 5.73 Å². The standard InChI is InChI=1S/C15H31NO2S/c1-3-17-14-7-9-15(10-8-14)18-11-5-4-6-13(16)12-19-2/h13-15H,3-12,16H2,1-2H3. The number of thioether (sulfide) groups is 1. The van der Waals surface area contributed by atoms with Crippen LogP contribution < -0.4 is 5.73 Å². The summed E-state index contributed by atoms with van der Waals surface area (Å²) in [6.45, 7) is 3.81. The molecule has 1 rings (SSSR count). The smallest absolute Gasteiger partial charge is 0.0577 e. The summed E-state index contributed by atoms with van der Waals surface area (Å²) >= 11 is 1.83. The second kappa shape index (κ2) is 11.0. The largest absolute Gasteiger partial charge is 0.379 e. The van der Waals surface area contributed by atoms with Gasteiger partial charge in [-0.05, 0) is 58.1 Å². The molecule has 0 bridgehead atoms. The third kappa shape index (κ3) is 8.18. The normalized spacial score (nSPS) is 25.4. The van der Waals surface area contributed by atoms with Gasteiger partial charge in [-0.3, -0.25) is 0 Å². The molecule has 114 valence electrons. The molecule has 0 aromatic heterocycles. The molecular weight excluding hydrogens is 258 g/mol. The molecule has 1 fully saturated rings. The quantitative estimate of drug-likeness (QED) is 0.627. The molecule has 3 nitrogen and oxygen atoms in total. The molecule has 1 aliphatic rings. The van der Waals surface area contributed by atoms with Crippen LogP contribution in [-0.4, -0.2) is 43.5 Å². The fraction of sp³-hybridized carbons (Fsp3) is 1.00. The molecule has 0 amide bonds. The van der Waals surface area contributed by atoms with Gasteiger partial charge in [0.1, 0.15) is 0 Å². The second-order valence-electron chi connectivity index (χ2n) is 5.44. The lowest BCUT2D eigenvalue weighted by atomic mass is 9.95. The summed E-state index contributed by atoms with van der Waals surface area (Å²) in [4.78, 5) is 0. The molecule has 0 aromatic rings. The van der Waals surface area contributed by atoms with E-state index in [-0.39, 0.29) is 0 Å². The Hall–Kier alpha value is 0.230. The number of hydrogen-bond acceptors (Lipinski definition) is 4. The molecule has 0 aliphatic heterocycles. The lowest BCUT2D eigenvalue weighted by molar-refractivity contribution is -0.0288. The predicted octanol–water partition coefficient (Wildman–Crippen LogP) is 3.21. The Morgan fingerprint density at radius 3 is 2.32 bits per heavy atom. The minimum absolute atomic E-state index is 0.358. The third-order valence-corrected chi connectivity index (χ3v) is 4.49. The van der Waals surface area contributed by atoms with Crippen LogP contribution in [0.2, 0.25) is 0 Å². The highest BCUT2D eigenvalue weighted by atomic mass is 32.2. The highest BCUT2D eigenvalue weighted by molar-refractivity contribution is 7.98. The molecule has 1 saturated carbocycles. The predicted molar refractivity (Wildman–Crippen MR) is 83.8 cm³/mol. The monoisotopic (exact) mass is 289 g/mol. The minimum atomic E-state index is 0.358. The van der Waals surface area contributed by atoms with Crippen LogP contribution in [0.1, 0.15) is 51.9 Å². The van der Waals surface area contributed by atoms with E-state index in [1.807, 2.05) is 11.8 Å². The van der Waals surface area contributed by atoms with E-state index in [0.29, 0.717) is 18.2 Å². The molecular formula is C15H31NO2S. The zero-order valence-corrected chi connectivity index (χ0v) is 13.4. The van der Waals surface area contributed by atoms with Gasteiger partial charge in [-0.15, -0.1) is 0 Å². The van der Waals surface area contributed by atoms with Crippen LogP contribution in [0.3, 0.4) is 0 Å². The summed E-state index contributed by atoms with van der Waals surface area (Å²) in [6, 6.07) is 0.358. The van der Waals surface area contributed by atoms with Gasteiger partial charge in [0.2, 0.25) is 0 Å². The Kier molecular flexibility index (Phi) is 9.96. The average molecular weight is 289 g/mol. The van der Waals surface area contributed by atoms with Crippen LogP contribution in [-0.2, 0) is 9.47 Å². The molecule has 0 spiro atoms. The fourth-order valence-electron chi connectivity index (χ4n) is 2.66. The van der Waals surface area contributed by atoms with E-state index in [1.165, 1.54) is 6.42 Å². The first-order chi connectivity index (χ1) is 9.26. The highest BCUT2D eigenvalue weighted by Gasteiger charge is 2.21. The summed E-state index contributed by atoms with van der Waals surface area (Å²) < 4.78 is 11.6. The summed E-state index contributed by atoms with van der Waals surface area (Å²) in [5.41, 5.74) is 5.98. The first kappa shape index (κ1) is 17.3. The van der Waals surface area contributed by atoms with E-state index < -0.39 is 0 Å². The Labute approximate surface area is 123 Å². The maximum atomic E-state index is 5.98. The molecule has 0 aromatic carbocycles. The van der Waals surface area contributed by atoms with Crippen molar-refractivity contribution >= 4 is 11.8 Å². The van der Waals surface area contributed by atoms with Gasteiger partial charge >= 0.3 is 0 Å². The van der Waals surface area contributed by atoms with Crippen molar-refractivity contribution in [1.29, 1.82) is 0 Å². The first-order valence-corrected chi connectivity index (χ1v) is 9.13. The van der Waals surface area contributed by atoms with Crippen molar-refractivity contribution in [2.75, 3.05) is 25.2 Å². The zero-order chi connectivity index (χ0) is 13.9. The van der Waals surface area contributed by atoms with Crippen LogP contribution >= 0.6 is 11.8 Å². The van der Waals surface area contributed by atoms with Crippen LogP contribution in [0, 0.1) is 0 Å². The number of rotatable bonds is 10. The second-order valence-corrected chi connectivity index (χ2v) is 6.35. The van der Waals surface area contributed by atoms with Crippen LogP contribution in [0.4, 0.5) is 0 Å². The molecule has 1 unspecified atom stereocenters. The summed E-state index contributed by atoms with van der Waals surface area (Å²) in [5, 5.41) is 0. The number of hydrogen-bond donors (Lipinski definition) is 1. The van der Waals surface area contributed by atoms with Crippen molar-refractivity contribution < 1.29 is 9.47 Å². The van der Waals surface area contributed by atoms with Crippen LogP contribution in [0.25, 0.3) is 0 Å². The van der Waals surface area contributed by atoms with E-state index in [0.717, 1.165) is 57.5 Å². The van der Waals surface area contributed by atoms with Crippen LogP contribution in [0.5, 0.6) is 0 Å². The molecule has 19 heavy (non-hydrogen) atoms. The summed E-state index contributed by atoms with van der Waals surface area (Å²) in [7, 11) is 0. The highest BCUT2D eigenvalue weighted by Crippen LogP contribution is 2.23. The van der Waals surface area contributed by atoms with Gasteiger partial charge in [0.05, 0.1) is 12.2 Å². The van der Waals surface area contributed by atoms with Crippen molar-refractivity contribution in [3.63, 3.8) is 0 Å². The summed E-state index contributed by atoms with van der Waals surface area (Å²) in [6.07, 6.45) is 11.2. The van der Waals surface area contributed by atoms with Gasteiger partial charge in [0, 0.05) is 25.0 Å². The zero-order valence-electron chi connectivity index (χ0n) is 12.6. The molecule has 1 atom stereocenters. The van der Waals surface area contributed by atoms with Crippen molar-refractivity contribution in [2.45, 2.75) is 70.1 Å². The molecule has 2 N–H and O–H groups in total. The molecule has 4 heteroatoms. The maximum absolute atomic E-state index is 5.98. The Balaban J connectivity index is 1.93. The molecule has 0 radical (unpaired) electrons. The third-order valence-electron chi connectivity index (χ3n) is 3.73. The van der Waals surface area contributed by atoms with Gasteiger partial charge in [0.15, 0.2) is 0 Å². The van der Waals surface area contributed by atoms with Crippen molar-refractivity contribution in [3.05, 3.63) is 0 Å². The minimum Gasteiger partial charge on any atom is -0.379 e. The van der Waals surface area contributed by atoms with Gasteiger partial charge in [0.25, 0.3) is 0 Å². The van der Waals surface area contributed by atoms with Gasteiger partial charge in [-0.2, -0.15) is 11.8 Å². The first-order valence-electron chi connectivity index (χ1n) is 7.74. The van der Waals surface area contributed by atoms with E-state index in [9.17, 15) is 0 Å². The Bertz CT molecular complexity index is 208. The van der Waals surface area contributed by atoms with E-state index in [2.05, 4.69) is 13.2 Å². The number of nitrogens with two attached hydrogens (primary N) is 1. The van der Waals surface area contributed by atoms with E-state index >= 15 is 0 Å². The molecule has 0 saturated heterocycles. The lowest BCUT2D eigenvalue weighted by Crippen LogP contribution is -2.27. The summed E-state index contributed by atoms with van der Waals surface area (Å²) in [5.74, 6) is 1.07. The van der Waals surface area contributed by atoms with Crippen molar-refractivity contribution in [3.8, 4) is 0 Å². The van der Waals surface area contributed by atoms with Crippen molar-refractivity contribution in [1.82, 2.24) is 0 Å². The average Bonchev–Trinajstić information content (AvgIpc) is 2.41. The van der Waals surface area contributed by atoms with Gasteiger partial charge in [-0.25, -0.2) is 0 Å². The Morgan fingerprint density at radius 2 is 1.74 bits per heavy atom. The molecule has 0 heterocycles. The van der Waals surface area contributed by atoms with E-state index in [4.69, 9.17) is 15.2 Å². The SMILES string of the molecule is CCOC1CCC(OCCCCC(N)CSC)CC1. The topological polar surface area (TPSA) is 44.5 Å². The van der Waals surface area contributed by atoms with Gasteiger partial charge < -0.3 is 15.2 Å². The van der Waals surface area contributed by atoms with Crippen LogP contribution in [0.15, 0.2) is 0 Å². The van der Waals surface area contributed by atoms with Gasteiger partial charge in [-0.1, -0.05) is 0 Å². The molecule has 1 aliphatic carbocycles. The number of unbranched alkanes of at least 4 members (excludes halogenated alkanes) is 1. The maximum Gasteiger partial charge on any atom is 0.0577 e. The number of ether oxygens (including phenoxy) is 2. The lowest BCUT2D eigenvalue weighted by Gasteiger charge is -2.28. The van der Waals surface area contributed by atoms with E-state index in [1.54, 1.807) is 0 Å². The fourth-order valence-corrected chi connectivity index (χ4v) is 3.25.